The first-order chi connectivity index (χ1) is 12.2. The minimum atomic E-state index is -0.0343. The molecule has 2 atom stereocenters. The lowest BCUT2D eigenvalue weighted by Crippen LogP contribution is -2.28. The summed E-state index contributed by atoms with van der Waals surface area (Å²) in [6, 6.07) is 14.2. The normalized spacial score (nSPS) is 20.3. The van der Waals surface area contributed by atoms with E-state index in [1.807, 2.05) is 18.2 Å². The van der Waals surface area contributed by atoms with E-state index in [0.29, 0.717) is 24.7 Å². The van der Waals surface area contributed by atoms with E-state index in [9.17, 15) is 4.79 Å². The van der Waals surface area contributed by atoms with Gasteiger partial charge >= 0.3 is 0 Å². The fourth-order valence-electron chi connectivity index (χ4n) is 3.32. The van der Waals surface area contributed by atoms with E-state index in [0.717, 1.165) is 19.6 Å². The van der Waals surface area contributed by atoms with E-state index >= 15 is 0 Å². The fraction of sp³-hybridized carbons (Fsp3) is 0.421. The molecule has 1 aromatic carbocycles. The average molecular weight is 337 g/mol. The Morgan fingerprint density at radius 2 is 2.12 bits per heavy atom. The molecular weight excluding hydrogens is 314 g/mol. The van der Waals surface area contributed by atoms with Gasteiger partial charge in [-0.25, -0.2) is 0 Å². The first-order valence-electron chi connectivity index (χ1n) is 8.63. The summed E-state index contributed by atoms with van der Waals surface area (Å²) in [4.78, 5) is 14.9. The largest absolute Gasteiger partial charge is 0.309 e. The monoisotopic (exact) mass is 337 g/mol. The molecular formula is C19H23N5O. The van der Waals surface area contributed by atoms with Crippen molar-refractivity contribution in [3.05, 3.63) is 48.2 Å². The van der Waals surface area contributed by atoms with Gasteiger partial charge in [0.25, 0.3) is 0 Å². The maximum atomic E-state index is 12.6. The van der Waals surface area contributed by atoms with Gasteiger partial charge < -0.3 is 5.32 Å². The molecule has 0 bridgehead atoms. The van der Waals surface area contributed by atoms with Gasteiger partial charge in [-0.2, -0.15) is 10.4 Å². The lowest BCUT2D eigenvalue weighted by atomic mass is 9.97. The second-order valence-corrected chi connectivity index (χ2v) is 6.62. The highest BCUT2D eigenvalue weighted by molar-refractivity contribution is 5.92. The molecule has 3 rings (SSSR count). The minimum absolute atomic E-state index is 0.0218. The van der Waals surface area contributed by atoms with Gasteiger partial charge in [-0.15, -0.1) is 0 Å². The van der Waals surface area contributed by atoms with Crippen molar-refractivity contribution in [3.8, 4) is 6.07 Å². The molecule has 1 fully saturated rings. The summed E-state index contributed by atoms with van der Waals surface area (Å²) in [6.07, 6.45) is 2.19. The second kappa shape index (κ2) is 7.95. The Balaban J connectivity index is 1.55. The zero-order valence-corrected chi connectivity index (χ0v) is 14.4. The van der Waals surface area contributed by atoms with Crippen molar-refractivity contribution >= 4 is 11.7 Å². The number of carbonyl (C=O) groups excluding carboxylic acids is 1. The number of benzene rings is 1. The highest BCUT2D eigenvalue weighted by Gasteiger charge is 2.34. The number of anilines is 1. The molecule has 1 saturated heterocycles. The van der Waals surface area contributed by atoms with Gasteiger partial charge in [-0.3, -0.25) is 14.4 Å². The molecule has 2 heterocycles. The van der Waals surface area contributed by atoms with E-state index in [1.165, 1.54) is 5.56 Å². The van der Waals surface area contributed by atoms with E-state index in [4.69, 9.17) is 5.26 Å². The van der Waals surface area contributed by atoms with Crippen molar-refractivity contribution in [1.82, 2.24) is 14.7 Å². The van der Waals surface area contributed by atoms with Crippen LogP contribution in [0.25, 0.3) is 0 Å². The molecule has 1 amide bonds. The van der Waals surface area contributed by atoms with Crippen molar-refractivity contribution in [2.75, 3.05) is 18.4 Å². The molecule has 1 aliphatic rings. The molecule has 1 N–H and O–H groups in total. The Morgan fingerprint density at radius 1 is 1.32 bits per heavy atom. The zero-order chi connectivity index (χ0) is 17.6. The van der Waals surface area contributed by atoms with Crippen LogP contribution in [-0.2, 0) is 17.9 Å². The number of nitrogens with one attached hydrogen (secondary N) is 1. The summed E-state index contributed by atoms with van der Waals surface area (Å²) in [7, 11) is 0. The summed E-state index contributed by atoms with van der Waals surface area (Å²) in [5, 5.41) is 15.8. The standard InChI is InChI=1S/C19H23N5O/c1-15-12-23(13-16-6-3-2-4-7-16)14-17(15)19(25)21-18-8-11-24(22-18)10-5-9-20/h2-4,6-8,11,15,17H,5,10,12-14H2,1H3,(H,21,22,25)/t15-,17-/m1/s1. The molecule has 6 heteroatoms. The number of amides is 1. The first kappa shape index (κ1) is 17.2. The Hall–Kier alpha value is -2.65. The molecule has 130 valence electrons. The topological polar surface area (TPSA) is 74.0 Å². The van der Waals surface area contributed by atoms with E-state index < -0.39 is 0 Å². The number of aromatic nitrogens is 2. The maximum absolute atomic E-state index is 12.6. The number of carbonyl (C=O) groups is 1. The van der Waals surface area contributed by atoms with Gasteiger partial charge in [0.2, 0.25) is 5.91 Å². The van der Waals surface area contributed by atoms with Gasteiger partial charge in [-0.1, -0.05) is 37.3 Å². The highest BCUT2D eigenvalue weighted by atomic mass is 16.2. The number of aryl methyl sites for hydroxylation is 1. The molecule has 0 radical (unpaired) electrons. The molecule has 1 aliphatic heterocycles. The number of likely N-dealkylation sites (tertiary alicyclic amines) is 1. The van der Waals surface area contributed by atoms with Crippen LogP contribution in [0.4, 0.5) is 5.82 Å². The molecule has 0 saturated carbocycles. The zero-order valence-electron chi connectivity index (χ0n) is 14.4. The highest BCUT2D eigenvalue weighted by Crippen LogP contribution is 2.25. The van der Waals surface area contributed by atoms with Crippen molar-refractivity contribution in [3.63, 3.8) is 0 Å². The van der Waals surface area contributed by atoms with Crippen molar-refractivity contribution in [1.29, 1.82) is 5.26 Å². The summed E-state index contributed by atoms with van der Waals surface area (Å²) >= 11 is 0. The average Bonchev–Trinajstić information content (AvgIpc) is 3.20. The van der Waals surface area contributed by atoms with Crippen LogP contribution in [0.1, 0.15) is 18.9 Å². The van der Waals surface area contributed by atoms with Crippen LogP contribution in [0.5, 0.6) is 0 Å². The van der Waals surface area contributed by atoms with E-state index in [2.05, 4.69) is 40.4 Å². The van der Waals surface area contributed by atoms with Crippen LogP contribution < -0.4 is 5.32 Å². The first-order valence-corrected chi connectivity index (χ1v) is 8.63. The van der Waals surface area contributed by atoms with Crippen molar-refractivity contribution in [2.45, 2.75) is 26.4 Å². The van der Waals surface area contributed by atoms with Gasteiger partial charge in [0.1, 0.15) is 0 Å². The third-order valence-electron chi connectivity index (χ3n) is 4.62. The van der Waals surface area contributed by atoms with Crippen molar-refractivity contribution < 1.29 is 4.79 Å². The summed E-state index contributed by atoms with van der Waals surface area (Å²) in [5.41, 5.74) is 1.27. The second-order valence-electron chi connectivity index (χ2n) is 6.62. The number of nitrogens with zero attached hydrogens (tertiary/aromatic N) is 4. The van der Waals surface area contributed by atoms with Crippen molar-refractivity contribution in [2.24, 2.45) is 11.8 Å². The van der Waals surface area contributed by atoms with Gasteiger partial charge in [-0.05, 0) is 11.5 Å². The molecule has 1 aromatic heterocycles. The minimum Gasteiger partial charge on any atom is -0.309 e. The Bertz CT molecular complexity index is 749. The summed E-state index contributed by atoms with van der Waals surface area (Å²) in [5.74, 6) is 0.850. The van der Waals surface area contributed by atoms with E-state index in [-0.39, 0.29) is 11.8 Å². The Morgan fingerprint density at radius 3 is 2.88 bits per heavy atom. The van der Waals surface area contributed by atoms with Crippen LogP contribution in [0.15, 0.2) is 42.6 Å². The summed E-state index contributed by atoms with van der Waals surface area (Å²) in [6.45, 7) is 5.22. The van der Waals surface area contributed by atoms with E-state index in [1.54, 1.807) is 16.9 Å². The van der Waals surface area contributed by atoms with Crippen LogP contribution >= 0.6 is 0 Å². The van der Waals surface area contributed by atoms with Crippen LogP contribution in [0.3, 0.4) is 0 Å². The smallest absolute Gasteiger partial charge is 0.230 e. The number of hydrogen-bond acceptors (Lipinski definition) is 4. The Labute approximate surface area is 148 Å². The Kier molecular flexibility index (Phi) is 5.46. The quantitative estimate of drug-likeness (QED) is 0.879. The molecule has 2 aromatic rings. The third kappa shape index (κ3) is 4.46. The molecule has 0 unspecified atom stereocenters. The van der Waals surface area contributed by atoms with Gasteiger partial charge in [0.15, 0.2) is 5.82 Å². The van der Waals surface area contributed by atoms with Crippen LogP contribution in [-0.4, -0.2) is 33.7 Å². The SMILES string of the molecule is C[C@@H]1CN(Cc2ccccc2)C[C@H]1C(=O)Nc1ccn(CCC#N)n1. The molecule has 25 heavy (non-hydrogen) atoms. The number of rotatable bonds is 6. The van der Waals surface area contributed by atoms with Gasteiger partial charge in [0, 0.05) is 31.9 Å². The number of nitriles is 1. The lowest BCUT2D eigenvalue weighted by Gasteiger charge is -2.15. The maximum Gasteiger partial charge on any atom is 0.230 e. The molecule has 6 nitrogen and oxygen atoms in total. The number of hydrogen-bond donors (Lipinski definition) is 1. The van der Waals surface area contributed by atoms with Gasteiger partial charge in [0.05, 0.1) is 25.0 Å². The molecule has 0 aliphatic carbocycles. The fourth-order valence-corrected chi connectivity index (χ4v) is 3.32. The lowest BCUT2D eigenvalue weighted by molar-refractivity contribution is -0.120. The summed E-state index contributed by atoms with van der Waals surface area (Å²) < 4.78 is 1.68. The predicted molar refractivity (Wildman–Crippen MR) is 95.5 cm³/mol. The van der Waals surface area contributed by atoms with Crippen LogP contribution in [0.2, 0.25) is 0 Å². The van der Waals surface area contributed by atoms with Crippen LogP contribution in [0, 0.1) is 23.2 Å². The molecule has 0 spiro atoms. The predicted octanol–water partition coefficient (Wildman–Crippen LogP) is 2.50. The third-order valence-corrected chi connectivity index (χ3v) is 4.62.